The van der Waals surface area contributed by atoms with Crippen LogP contribution in [0.25, 0.3) is 0 Å². The molecule has 4 rings (SSSR count). The maximum Gasteiger partial charge on any atom is 0.247 e. The molecule has 5 nitrogen and oxygen atoms in total. The minimum Gasteiger partial charge on any atom is -0.492 e. The van der Waals surface area contributed by atoms with E-state index in [0.717, 1.165) is 35.5 Å². The standard InChI is InChI=1S/C16H18N2O3S2/c1-11-17-13(10-22-11)14-5-3-8-18(14)23(19,20)15-6-2-4-12-7-9-21-16(12)15/h2,4,6,10,14H,3,5,7-9H2,1H3/t14-/m1/s1. The Morgan fingerprint density at radius 2 is 2.26 bits per heavy atom. The van der Waals surface area contributed by atoms with Crippen LogP contribution in [0.2, 0.25) is 0 Å². The van der Waals surface area contributed by atoms with Crippen LogP contribution in [0.4, 0.5) is 0 Å². The van der Waals surface area contributed by atoms with Gasteiger partial charge in [-0.15, -0.1) is 11.3 Å². The molecule has 0 unspecified atom stereocenters. The lowest BCUT2D eigenvalue weighted by atomic mass is 10.2. The van der Waals surface area contributed by atoms with E-state index in [1.165, 1.54) is 0 Å². The van der Waals surface area contributed by atoms with Gasteiger partial charge in [-0.2, -0.15) is 4.31 Å². The molecule has 1 saturated heterocycles. The summed E-state index contributed by atoms with van der Waals surface area (Å²) >= 11 is 1.56. The summed E-state index contributed by atoms with van der Waals surface area (Å²) in [6.07, 6.45) is 2.45. The maximum atomic E-state index is 13.2. The number of benzene rings is 1. The Labute approximate surface area is 140 Å². The van der Waals surface area contributed by atoms with E-state index >= 15 is 0 Å². The van der Waals surface area contributed by atoms with Crippen molar-refractivity contribution in [3.05, 3.63) is 39.8 Å². The SMILES string of the molecule is Cc1nc([C@H]2CCCN2S(=O)(=O)c2cccc3c2OCC3)cs1. The number of aryl methyl sites for hydroxylation is 1. The molecule has 7 heteroatoms. The van der Waals surface area contributed by atoms with Gasteiger partial charge >= 0.3 is 0 Å². The van der Waals surface area contributed by atoms with Crippen molar-refractivity contribution in [3.63, 3.8) is 0 Å². The molecule has 3 heterocycles. The molecule has 1 aromatic carbocycles. The molecule has 0 amide bonds. The molecule has 23 heavy (non-hydrogen) atoms. The zero-order valence-electron chi connectivity index (χ0n) is 12.9. The maximum absolute atomic E-state index is 13.2. The van der Waals surface area contributed by atoms with Crippen LogP contribution < -0.4 is 4.74 Å². The van der Waals surface area contributed by atoms with Crippen molar-refractivity contribution in [2.24, 2.45) is 0 Å². The number of fused-ring (bicyclic) bond motifs is 1. The number of sulfonamides is 1. The first-order valence-electron chi connectivity index (χ1n) is 7.76. The van der Waals surface area contributed by atoms with Crippen LogP contribution >= 0.6 is 11.3 Å². The van der Waals surface area contributed by atoms with Gasteiger partial charge in [0.05, 0.1) is 23.4 Å². The number of rotatable bonds is 3. The molecule has 0 spiro atoms. The fourth-order valence-electron chi connectivity index (χ4n) is 3.37. The lowest BCUT2D eigenvalue weighted by Crippen LogP contribution is -2.31. The third-order valence-electron chi connectivity index (χ3n) is 4.45. The topological polar surface area (TPSA) is 59.5 Å². The predicted molar refractivity (Wildman–Crippen MR) is 88.4 cm³/mol. The molecule has 2 aromatic rings. The van der Waals surface area contributed by atoms with E-state index in [0.29, 0.717) is 23.8 Å². The lowest BCUT2D eigenvalue weighted by molar-refractivity contribution is 0.344. The first-order valence-corrected chi connectivity index (χ1v) is 10.1. The Morgan fingerprint density at radius 3 is 3.04 bits per heavy atom. The summed E-state index contributed by atoms with van der Waals surface area (Å²) < 4.78 is 33.6. The Balaban J connectivity index is 1.75. The van der Waals surface area contributed by atoms with E-state index in [4.69, 9.17) is 4.74 Å². The normalized spacial score (nSPS) is 21.3. The van der Waals surface area contributed by atoms with E-state index < -0.39 is 10.0 Å². The average molecular weight is 350 g/mol. The minimum atomic E-state index is -3.58. The van der Waals surface area contributed by atoms with Crippen LogP contribution in [-0.2, 0) is 16.4 Å². The zero-order valence-corrected chi connectivity index (χ0v) is 14.5. The van der Waals surface area contributed by atoms with Crippen molar-refractivity contribution in [2.45, 2.75) is 37.1 Å². The third-order valence-corrected chi connectivity index (χ3v) is 7.17. The second-order valence-corrected chi connectivity index (χ2v) is 8.83. The summed E-state index contributed by atoms with van der Waals surface area (Å²) in [6, 6.07) is 5.23. The molecule has 0 N–H and O–H groups in total. The van der Waals surface area contributed by atoms with Gasteiger partial charge in [0.25, 0.3) is 0 Å². The van der Waals surface area contributed by atoms with Crippen molar-refractivity contribution in [1.29, 1.82) is 0 Å². The second kappa shape index (κ2) is 5.58. The quantitative estimate of drug-likeness (QED) is 0.854. The molecule has 0 bridgehead atoms. The second-order valence-electron chi connectivity index (χ2n) is 5.91. The van der Waals surface area contributed by atoms with E-state index in [1.54, 1.807) is 27.8 Å². The molecule has 2 aliphatic heterocycles. The van der Waals surface area contributed by atoms with Gasteiger partial charge in [-0.1, -0.05) is 12.1 Å². The highest BCUT2D eigenvalue weighted by atomic mass is 32.2. The van der Waals surface area contributed by atoms with Gasteiger partial charge in [0.15, 0.2) is 0 Å². The summed E-state index contributed by atoms with van der Waals surface area (Å²) in [7, 11) is -3.58. The largest absolute Gasteiger partial charge is 0.492 e. The number of aromatic nitrogens is 1. The van der Waals surface area contributed by atoms with Gasteiger partial charge in [0.2, 0.25) is 10.0 Å². The van der Waals surface area contributed by atoms with Gasteiger partial charge in [0, 0.05) is 18.3 Å². The number of hydrogen-bond donors (Lipinski definition) is 0. The lowest BCUT2D eigenvalue weighted by Gasteiger charge is -2.23. The van der Waals surface area contributed by atoms with Gasteiger partial charge < -0.3 is 4.74 Å². The third kappa shape index (κ3) is 2.47. The van der Waals surface area contributed by atoms with Crippen LogP contribution in [0.3, 0.4) is 0 Å². The Morgan fingerprint density at radius 1 is 1.39 bits per heavy atom. The van der Waals surface area contributed by atoms with Crippen molar-refractivity contribution >= 4 is 21.4 Å². The van der Waals surface area contributed by atoms with E-state index in [2.05, 4.69) is 4.98 Å². The Bertz CT molecular complexity index is 845. The summed E-state index contributed by atoms with van der Waals surface area (Å²) in [6.45, 7) is 3.03. The van der Waals surface area contributed by atoms with Gasteiger partial charge in [-0.25, -0.2) is 13.4 Å². The number of para-hydroxylation sites is 1. The molecule has 0 aliphatic carbocycles. The summed E-state index contributed by atoms with van der Waals surface area (Å²) in [5.41, 5.74) is 1.84. The molecule has 1 fully saturated rings. The van der Waals surface area contributed by atoms with Crippen LogP contribution in [0.5, 0.6) is 5.75 Å². The van der Waals surface area contributed by atoms with Crippen LogP contribution in [-0.4, -0.2) is 30.9 Å². The highest BCUT2D eigenvalue weighted by Crippen LogP contribution is 2.40. The molecule has 0 saturated carbocycles. The average Bonchev–Trinajstić information content (AvgIpc) is 3.25. The fraction of sp³-hybridized carbons (Fsp3) is 0.438. The minimum absolute atomic E-state index is 0.165. The summed E-state index contributed by atoms with van der Waals surface area (Å²) in [4.78, 5) is 4.80. The Hall–Kier alpha value is -1.44. The number of hydrogen-bond acceptors (Lipinski definition) is 5. The van der Waals surface area contributed by atoms with Crippen molar-refractivity contribution in [3.8, 4) is 5.75 Å². The first kappa shape index (κ1) is 15.1. The molecule has 122 valence electrons. The first-order chi connectivity index (χ1) is 11.1. The van der Waals surface area contributed by atoms with E-state index in [9.17, 15) is 8.42 Å². The highest BCUT2D eigenvalue weighted by molar-refractivity contribution is 7.89. The molecule has 2 aliphatic rings. The van der Waals surface area contributed by atoms with E-state index in [1.807, 2.05) is 18.4 Å². The number of ether oxygens (including phenoxy) is 1. The summed E-state index contributed by atoms with van der Waals surface area (Å²) in [5.74, 6) is 0.535. The van der Waals surface area contributed by atoms with Crippen LogP contribution in [0.15, 0.2) is 28.5 Å². The smallest absolute Gasteiger partial charge is 0.247 e. The van der Waals surface area contributed by atoms with Crippen LogP contribution in [0, 0.1) is 6.92 Å². The van der Waals surface area contributed by atoms with Gasteiger partial charge in [-0.05, 0) is 31.4 Å². The highest BCUT2D eigenvalue weighted by Gasteiger charge is 2.39. The van der Waals surface area contributed by atoms with Crippen molar-refractivity contribution in [2.75, 3.05) is 13.2 Å². The van der Waals surface area contributed by atoms with E-state index in [-0.39, 0.29) is 6.04 Å². The van der Waals surface area contributed by atoms with Gasteiger partial charge in [0.1, 0.15) is 10.6 Å². The zero-order chi connectivity index (χ0) is 16.0. The molecular formula is C16H18N2O3S2. The monoisotopic (exact) mass is 350 g/mol. The number of nitrogens with zero attached hydrogens (tertiary/aromatic N) is 2. The number of thiazole rings is 1. The van der Waals surface area contributed by atoms with Gasteiger partial charge in [-0.3, -0.25) is 0 Å². The Kier molecular flexibility index (Phi) is 3.66. The molecule has 1 atom stereocenters. The molecule has 0 radical (unpaired) electrons. The molecular weight excluding hydrogens is 332 g/mol. The van der Waals surface area contributed by atoms with Crippen LogP contribution in [0.1, 0.15) is 35.1 Å². The predicted octanol–water partition coefficient (Wildman–Crippen LogP) is 2.91. The fourth-order valence-corrected chi connectivity index (χ4v) is 5.88. The summed E-state index contributed by atoms with van der Waals surface area (Å²) in [5, 5.41) is 2.94. The van der Waals surface area contributed by atoms with Crippen molar-refractivity contribution < 1.29 is 13.2 Å². The molecule has 1 aromatic heterocycles. The van der Waals surface area contributed by atoms with Crippen molar-refractivity contribution in [1.82, 2.24) is 9.29 Å².